The maximum atomic E-state index is 6.84. The lowest BCUT2D eigenvalue weighted by molar-refractivity contribution is 0.669. The number of nitrogens with zero attached hydrogens (tertiary/aromatic N) is 3. The van der Waals surface area contributed by atoms with Crippen molar-refractivity contribution in [3.05, 3.63) is 212 Å². The number of hydrogen-bond acceptors (Lipinski definition) is 4. The highest BCUT2D eigenvalue weighted by molar-refractivity contribution is 6.16. The van der Waals surface area contributed by atoms with Crippen molar-refractivity contribution in [2.75, 3.05) is 4.90 Å². The van der Waals surface area contributed by atoms with Crippen molar-refractivity contribution in [1.82, 2.24) is 9.97 Å². The molecule has 10 rings (SSSR count). The van der Waals surface area contributed by atoms with E-state index in [1.54, 1.807) is 0 Å². The van der Waals surface area contributed by atoms with Crippen molar-refractivity contribution >= 4 is 39.0 Å². The number of benzene rings is 8. The molecule has 0 bridgehead atoms. The molecule has 4 nitrogen and oxygen atoms in total. The van der Waals surface area contributed by atoms with Gasteiger partial charge < -0.3 is 9.32 Å². The van der Waals surface area contributed by atoms with Gasteiger partial charge in [-0.1, -0.05) is 164 Å². The van der Waals surface area contributed by atoms with Gasteiger partial charge in [-0.3, -0.25) is 0 Å². The Balaban J connectivity index is 1.19. The second-order valence-electron chi connectivity index (χ2n) is 13.8. The van der Waals surface area contributed by atoms with Gasteiger partial charge in [0.1, 0.15) is 11.2 Å². The molecule has 0 saturated carbocycles. The van der Waals surface area contributed by atoms with Crippen LogP contribution in [0.4, 0.5) is 17.1 Å². The third-order valence-corrected chi connectivity index (χ3v) is 10.3. The maximum Gasteiger partial charge on any atom is 0.164 e. The first-order valence-electron chi connectivity index (χ1n) is 18.8. The number of anilines is 3. The van der Waals surface area contributed by atoms with Crippen LogP contribution in [0.15, 0.2) is 217 Å². The smallest absolute Gasteiger partial charge is 0.164 e. The van der Waals surface area contributed by atoms with E-state index >= 15 is 0 Å². The standard InChI is InChI=1S/C52H35N3O/c1-5-15-36(16-6-1)38-25-29-42(30-26-38)55(43-31-27-39(28-32-43)37-17-7-2-8-18-37)48-34-33-45(51-50(48)44-23-13-14-24-49(44)56-51)52-53-46(40-19-9-3-10-20-40)35-47(54-52)41-21-11-4-12-22-41/h1-35H. The molecule has 4 heteroatoms. The van der Waals surface area contributed by atoms with E-state index in [-0.39, 0.29) is 0 Å². The third kappa shape index (κ3) is 6.19. The molecule has 0 amide bonds. The Morgan fingerprint density at radius 3 is 1.30 bits per heavy atom. The average molecular weight is 718 g/mol. The van der Waals surface area contributed by atoms with Gasteiger partial charge in [0.15, 0.2) is 5.82 Å². The number of rotatable bonds is 8. The predicted octanol–water partition coefficient (Wildman–Crippen LogP) is 14.2. The van der Waals surface area contributed by atoms with E-state index in [4.69, 9.17) is 14.4 Å². The molecule has 0 aliphatic rings. The van der Waals surface area contributed by atoms with E-state index in [1.165, 1.54) is 11.1 Å². The third-order valence-electron chi connectivity index (χ3n) is 10.3. The molecule has 0 saturated heterocycles. The number of aromatic nitrogens is 2. The summed E-state index contributed by atoms with van der Waals surface area (Å²) in [5.74, 6) is 0.604. The minimum atomic E-state index is 0.604. The molecule has 0 radical (unpaired) electrons. The van der Waals surface area contributed by atoms with Crippen LogP contribution in [0.25, 0.3) is 78.1 Å². The number of hydrogen-bond donors (Lipinski definition) is 0. The topological polar surface area (TPSA) is 42.2 Å². The largest absolute Gasteiger partial charge is 0.455 e. The molecule has 2 heterocycles. The second kappa shape index (κ2) is 14.3. The molecule has 0 unspecified atom stereocenters. The van der Waals surface area contributed by atoms with Gasteiger partial charge in [0.05, 0.1) is 28.0 Å². The Morgan fingerprint density at radius 2 is 0.804 bits per heavy atom. The van der Waals surface area contributed by atoms with Crippen LogP contribution in [0, 0.1) is 0 Å². The zero-order valence-electron chi connectivity index (χ0n) is 30.5. The minimum absolute atomic E-state index is 0.604. The van der Waals surface area contributed by atoms with E-state index in [0.717, 1.165) is 78.2 Å². The van der Waals surface area contributed by atoms with Gasteiger partial charge in [0.2, 0.25) is 0 Å². The molecule has 0 spiro atoms. The highest BCUT2D eigenvalue weighted by atomic mass is 16.3. The van der Waals surface area contributed by atoms with Crippen LogP contribution in [-0.4, -0.2) is 9.97 Å². The first kappa shape index (κ1) is 33.0. The molecule has 264 valence electrons. The van der Waals surface area contributed by atoms with Gasteiger partial charge >= 0.3 is 0 Å². The molecule has 0 atom stereocenters. The zero-order valence-corrected chi connectivity index (χ0v) is 30.5. The molecule has 0 fully saturated rings. The quantitative estimate of drug-likeness (QED) is 0.157. The maximum absolute atomic E-state index is 6.84. The summed E-state index contributed by atoms with van der Waals surface area (Å²) in [4.78, 5) is 12.7. The highest BCUT2D eigenvalue weighted by Crippen LogP contribution is 2.46. The second-order valence-corrected chi connectivity index (χ2v) is 13.8. The van der Waals surface area contributed by atoms with Gasteiger partial charge in [0, 0.05) is 27.9 Å². The van der Waals surface area contributed by atoms with Crippen LogP contribution < -0.4 is 4.90 Å². The Bertz CT molecular complexity index is 2780. The predicted molar refractivity (Wildman–Crippen MR) is 231 cm³/mol. The fourth-order valence-electron chi connectivity index (χ4n) is 7.55. The van der Waals surface area contributed by atoms with E-state index in [0.29, 0.717) is 5.82 Å². The van der Waals surface area contributed by atoms with Crippen LogP contribution in [0.1, 0.15) is 0 Å². The summed E-state index contributed by atoms with van der Waals surface area (Å²) < 4.78 is 6.84. The summed E-state index contributed by atoms with van der Waals surface area (Å²) in [6.45, 7) is 0. The summed E-state index contributed by atoms with van der Waals surface area (Å²) in [5.41, 5.74) is 13.8. The summed E-state index contributed by atoms with van der Waals surface area (Å²) in [5, 5.41) is 2.01. The molecule has 56 heavy (non-hydrogen) atoms. The summed E-state index contributed by atoms with van der Waals surface area (Å²) in [7, 11) is 0. The van der Waals surface area contributed by atoms with Crippen molar-refractivity contribution in [3.8, 4) is 56.2 Å². The van der Waals surface area contributed by atoms with Gasteiger partial charge in [-0.15, -0.1) is 0 Å². The number of fused-ring (bicyclic) bond motifs is 3. The van der Waals surface area contributed by atoms with Crippen molar-refractivity contribution in [2.24, 2.45) is 0 Å². The van der Waals surface area contributed by atoms with Gasteiger partial charge in [-0.05, 0) is 70.8 Å². The zero-order chi connectivity index (χ0) is 37.3. The highest BCUT2D eigenvalue weighted by Gasteiger charge is 2.24. The molecule has 2 aromatic heterocycles. The molecule has 0 N–H and O–H groups in total. The first-order valence-corrected chi connectivity index (χ1v) is 18.8. The Kier molecular flexibility index (Phi) is 8.47. The van der Waals surface area contributed by atoms with Crippen LogP contribution in [0.5, 0.6) is 0 Å². The molecule has 0 aliphatic heterocycles. The van der Waals surface area contributed by atoms with E-state index in [9.17, 15) is 0 Å². The fourth-order valence-corrected chi connectivity index (χ4v) is 7.55. The van der Waals surface area contributed by atoms with Gasteiger partial charge in [-0.2, -0.15) is 0 Å². The molecular weight excluding hydrogens is 683 g/mol. The van der Waals surface area contributed by atoms with E-state index in [1.807, 2.05) is 60.7 Å². The van der Waals surface area contributed by atoms with Gasteiger partial charge in [0.25, 0.3) is 0 Å². The lowest BCUT2D eigenvalue weighted by atomic mass is 10.0. The molecular formula is C52H35N3O. The average Bonchev–Trinajstić information content (AvgIpc) is 3.68. The van der Waals surface area contributed by atoms with Crippen LogP contribution in [-0.2, 0) is 0 Å². The summed E-state index contributed by atoms with van der Waals surface area (Å²) in [6.07, 6.45) is 0. The van der Waals surface area contributed by atoms with Crippen molar-refractivity contribution in [2.45, 2.75) is 0 Å². The monoisotopic (exact) mass is 717 g/mol. The van der Waals surface area contributed by atoms with Crippen molar-refractivity contribution < 1.29 is 4.42 Å². The summed E-state index contributed by atoms with van der Waals surface area (Å²) >= 11 is 0. The lowest BCUT2D eigenvalue weighted by Gasteiger charge is -2.27. The number of furan rings is 1. The molecule has 10 aromatic rings. The SMILES string of the molecule is c1ccc(-c2ccc(N(c3ccc(-c4ccccc4)cc3)c3ccc(-c4nc(-c5ccccc5)cc(-c5ccccc5)n4)c4oc5ccccc5c34)cc2)cc1. The molecule has 0 aliphatic carbocycles. The normalized spacial score (nSPS) is 11.2. The van der Waals surface area contributed by atoms with Crippen molar-refractivity contribution in [1.29, 1.82) is 0 Å². The first-order chi connectivity index (χ1) is 27.8. The Hall–Kier alpha value is -7.56. The van der Waals surface area contributed by atoms with Crippen LogP contribution in [0.3, 0.4) is 0 Å². The van der Waals surface area contributed by atoms with E-state index < -0.39 is 0 Å². The van der Waals surface area contributed by atoms with Crippen LogP contribution >= 0.6 is 0 Å². The van der Waals surface area contributed by atoms with Crippen molar-refractivity contribution in [3.63, 3.8) is 0 Å². The van der Waals surface area contributed by atoms with Crippen LogP contribution in [0.2, 0.25) is 0 Å². The van der Waals surface area contributed by atoms with E-state index in [2.05, 4.69) is 157 Å². The summed E-state index contributed by atoms with van der Waals surface area (Å²) in [6, 6.07) is 73.8. The Morgan fingerprint density at radius 1 is 0.375 bits per heavy atom. The Labute approximate surface area is 325 Å². The lowest BCUT2D eigenvalue weighted by Crippen LogP contribution is -2.10. The minimum Gasteiger partial charge on any atom is -0.455 e. The van der Waals surface area contributed by atoms with Gasteiger partial charge in [-0.25, -0.2) is 9.97 Å². The number of para-hydroxylation sites is 1. The molecule has 8 aromatic carbocycles. The fraction of sp³-hybridized carbons (Fsp3) is 0.